The van der Waals surface area contributed by atoms with Gasteiger partial charge in [-0.2, -0.15) is 0 Å². The topological polar surface area (TPSA) is 45.3 Å². The minimum atomic E-state index is -0.299. The average molecular weight is 311 g/mol. The number of amides is 2. The van der Waals surface area contributed by atoms with Crippen molar-refractivity contribution in [2.75, 3.05) is 66.6 Å². The van der Waals surface area contributed by atoms with E-state index in [2.05, 4.69) is 19.0 Å². The molecular weight excluding hydrogens is 282 g/mol. The minimum Gasteiger partial charge on any atom is -0.377 e. The van der Waals surface area contributed by atoms with Crippen molar-refractivity contribution in [1.82, 2.24) is 14.7 Å². The summed E-state index contributed by atoms with van der Waals surface area (Å²) in [5, 5.41) is 0. The van der Waals surface area contributed by atoms with Crippen LogP contribution in [0.3, 0.4) is 0 Å². The Hall–Kier alpha value is -0.850. The molecule has 3 fully saturated rings. The van der Waals surface area contributed by atoms with E-state index < -0.39 is 0 Å². The predicted octanol–water partition coefficient (Wildman–Crippen LogP) is 0.871. The Labute approximate surface area is 133 Å². The third kappa shape index (κ3) is 3.55. The van der Waals surface area contributed by atoms with E-state index in [4.69, 9.17) is 9.47 Å². The zero-order valence-corrected chi connectivity index (χ0v) is 13.9. The van der Waals surface area contributed by atoms with Gasteiger partial charge in [-0.25, -0.2) is 4.79 Å². The predicted molar refractivity (Wildman–Crippen MR) is 83.9 cm³/mol. The number of hydrogen-bond acceptors (Lipinski definition) is 4. The smallest absolute Gasteiger partial charge is 0.320 e. The fourth-order valence-corrected chi connectivity index (χ4v) is 3.96. The third-order valence-corrected chi connectivity index (χ3v) is 4.91. The van der Waals surface area contributed by atoms with Crippen LogP contribution in [0.2, 0.25) is 0 Å². The molecule has 6 heteroatoms. The molecule has 3 saturated heterocycles. The van der Waals surface area contributed by atoms with Crippen LogP contribution >= 0.6 is 0 Å². The minimum absolute atomic E-state index is 0.169. The van der Waals surface area contributed by atoms with E-state index in [-0.39, 0.29) is 11.6 Å². The van der Waals surface area contributed by atoms with Crippen molar-refractivity contribution in [1.29, 1.82) is 0 Å². The summed E-state index contributed by atoms with van der Waals surface area (Å²) in [5.74, 6) is 0.528. The van der Waals surface area contributed by atoms with E-state index in [1.54, 1.807) is 0 Å². The normalized spacial score (nSPS) is 33.0. The van der Waals surface area contributed by atoms with Crippen LogP contribution in [0.15, 0.2) is 0 Å². The Bertz CT molecular complexity index is 398. The van der Waals surface area contributed by atoms with Gasteiger partial charge in [-0.1, -0.05) is 0 Å². The maximum atomic E-state index is 12.7. The molecule has 0 radical (unpaired) electrons. The molecule has 2 amide bonds. The number of hydrogen-bond donors (Lipinski definition) is 0. The zero-order valence-electron chi connectivity index (χ0n) is 13.9. The molecular formula is C16H29N3O3. The first-order valence-corrected chi connectivity index (χ1v) is 8.48. The number of nitrogens with zero attached hydrogens (tertiary/aromatic N) is 3. The summed E-state index contributed by atoms with van der Waals surface area (Å²) in [6.45, 7) is 6.17. The van der Waals surface area contributed by atoms with E-state index in [1.807, 2.05) is 9.80 Å². The Morgan fingerprint density at radius 1 is 1.23 bits per heavy atom. The van der Waals surface area contributed by atoms with Gasteiger partial charge < -0.3 is 24.2 Å². The zero-order chi connectivity index (χ0) is 15.6. The summed E-state index contributed by atoms with van der Waals surface area (Å²) in [7, 11) is 4.19. The molecule has 2 atom stereocenters. The molecule has 0 saturated carbocycles. The summed E-state index contributed by atoms with van der Waals surface area (Å²) in [6.07, 6.45) is 3.24. The van der Waals surface area contributed by atoms with Crippen molar-refractivity contribution in [3.8, 4) is 0 Å². The van der Waals surface area contributed by atoms with Crippen LogP contribution in [-0.2, 0) is 9.47 Å². The first-order valence-electron chi connectivity index (χ1n) is 8.48. The number of likely N-dealkylation sites (tertiary alicyclic amines) is 1. The maximum absolute atomic E-state index is 12.7. The van der Waals surface area contributed by atoms with Crippen molar-refractivity contribution in [3.05, 3.63) is 0 Å². The Morgan fingerprint density at radius 3 is 2.73 bits per heavy atom. The van der Waals surface area contributed by atoms with Gasteiger partial charge in [-0.05, 0) is 39.3 Å². The molecule has 6 nitrogen and oxygen atoms in total. The summed E-state index contributed by atoms with van der Waals surface area (Å²) in [5.41, 5.74) is -0.299. The van der Waals surface area contributed by atoms with Crippen molar-refractivity contribution in [2.45, 2.75) is 24.9 Å². The second-order valence-corrected chi connectivity index (χ2v) is 7.28. The molecule has 126 valence electrons. The quantitative estimate of drug-likeness (QED) is 0.759. The van der Waals surface area contributed by atoms with Gasteiger partial charge in [0.15, 0.2) is 0 Å². The molecule has 0 aliphatic carbocycles. The van der Waals surface area contributed by atoms with Crippen LogP contribution in [0, 0.1) is 5.92 Å². The molecule has 22 heavy (non-hydrogen) atoms. The lowest BCUT2D eigenvalue weighted by molar-refractivity contribution is -0.0537. The first kappa shape index (κ1) is 16.0. The molecule has 0 unspecified atom stereocenters. The Kier molecular flexibility index (Phi) is 4.90. The van der Waals surface area contributed by atoms with Crippen LogP contribution in [0.1, 0.15) is 19.3 Å². The Balaban J connectivity index is 1.64. The van der Waals surface area contributed by atoms with Crippen LogP contribution < -0.4 is 0 Å². The van der Waals surface area contributed by atoms with Crippen molar-refractivity contribution in [2.24, 2.45) is 5.92 Å². The molecule has 1 spiro atoms. The van der Waals surface area contributed by atoms with Crippen LogP contribution in [0.4, 0.5) is 4.79 Å². The van der Waals surface area contributed by atoms with Crippen LogP contribution in [0.5, 0.6) is 0 Å². The monoisotopic (exact) mass is 311 g/mol. The molecule has 3 rings (SSSR count). The van der Waals surface area contributed by atoms with Crippen LogP contribution in [-0.4, -0.2) is 93.0 Å². The van der Waals surface area contributed by atoms with Crippen molar-refractivity contribution in [3.63, 3.8) is 0 Å². The highest BCUT2D eigenvalue weighted by Gasteiger charge is 2.44. The van der Waals surface area contributed by atoms with Gasteiger partial charge >= 0.3 is 6.03 Å². The van der Waals surface area contributed by atoms with Gasteiger partial charge in [0.1, 0.15) is 5.60 Å². The second kappa shape index (κ2) is 6.72. The van der Waals surface area contributed by atoms with E-state index >= 15 is 0 Å². The fraction of sp³-hybridized carbons (Fsp3) is 0.938. The lowest BCUT2D eigenvalue weighted by atomic mass is 9.94. The fourth-order valence-electron chi connectivity index (χ4n) is 3.96. The number of carbonyl (C=O) groups is 1. The summed E-state index contributed by atoms with van der Waals surface area (Å²) in [4.78, 5) is 18.8. The first-order chi connectivity index (χ1) is 10.6. The van der Waals surface area contributed by atoms with E-state index in [0.29, 0.717) is 32.2 Å². The SMILES string of the molecule is CN(C)C[C@@H]1CO[C@@]2(COCCN(C(=O)N3CCCC3)C2)C1. The van der Waals surface area contributed by atoms with Gasteiger partial charge in [0.25, 0.3) is 0 Å². The lowest BCUT2D eigenvalue weighted by Crippen LogP contribution is -2.50. The van der Waals surface area contributed by atoms with Gasteiger partial charge in [-0.15, -0.1) is 0 Å². The van der Waals surface area contributed by atoms with E-state index in [0.717, 1.165) is 45.5 Å². The highest BCUT2D eigenvalue weighted by molar-refractivity contribution is 5.74. The van der Waals surface area contributed by atoms with Crippen molar-refractivity contribution < 1.29 is 14.3 Å². The highest BCUT2D eigenvalue weighted by atomic mass is 16.5. The lowest BCUT2D eigenvalue weighted by Gasteiger charge is -2.33. The van der Waals surface area contributed by atoms with Gasteiger partial charge in [-0.3, -0.25) is 0 Å². The largest absolute Gasteiger partial charge is 0.377 e. The molecule has 0 aromatic carbocycles. The number of urea groups is 1. The molecule has 3 aliphatic rings. The maximum Gasteiger partial charge on any atom is 0.320 e. The molecule has 0 bridgehead atoms. The second-order valence-electron chi connectivity index (χ2n) is 7.28. The number of ether oxygens (including phenoxy) is 2. The number of carbonyl (C=O) groups excluding carboxylic acids is 1. The van der Waals surface area contributed by atoms with E-state index in [9.17, 15) is 4.79 Å². The molecule has 3 heterocycles. The Morgan fingerprint density at radius 2 is 2.00 bits per heavy atom. The number of rotatable bonds is 2. The molecule has 0 aromatic heterocycles. The molecule has 0 aromatic rings. The summed E-state index contributed by atoms with van der Waals surface area (Å²) >= 11 is 0. The van der Waals surface area contributed by atoms with Gasteiger partial charge in [0, 0.05) is 26.2 Å². The molecule has 3 aliphatic heterocycles. The standard InChI is InChI=1S/C16H29N3O3/c1-17(2)10-14-9-16(22-11-14)12-19(7-8-21-13-16)15(20)18-5-3-4-6-18/h14H,3-13H2,1-2H3/t14-,16+/m1/s1. The molecule has 0 N–H and O–H groups in total. The summed E-state index contributed by atoms with van der Waals surface area (Å²) < 4.78 is 11.9. The van der Waals surface area contributed by atoms with E-state index in [1.165, 1.54) is 0 Å². The van der Waals surface area contributed by atoms with Crippen LogP contribution in [0.25, 0.3) is 0 Å². The van der Waals surface area contributed by atoms with Gasteiger partial charge in [0.2, 0.25) is 0 Å². The summed E-state index contributed by atoms with van der Waals surface area (Å²) in [6, 6.07) is 0.169. The third-order valence-electron chi connectivity index (χ3n) is 4.91. The average Bonchev–Trinajstić information content (AvgIpc) is 3.07. The van der Waals surface area contributed by atoms with Crippen molar-refractivity contribution >= 4 is 6.03 Å². The highest BCUT2D eigenvalue weighted by Crippen LogP contribution is 2.33. The van der Waals surface area contributed by atoms with Gasteiger partial charge in [0.05, 0.1) is 26.4 Å².